The van der Waals surface area contributed by atoms with Crippen LogP contribution in [0.4, 0.5) is 0 Å². The van der Waals surface area contributed by atoms with Gasteiger partial charge in [-0.05, 0) is 35.9 Å². The summed E-state index contributed by atoms with van der Waals surface area (Å²) in [4.78, 5) is 14.2. The van der Waals surface area contributed by atoms with Crippen molar-refractivity contribution in [3.8, 4) is 5.69 Å². The molecule has 0 unspecified atom stereocenters. The molecule has 1 aliphatic rings. The molecule has 1 saturated heterocycles. The van der Waals surface area contributed by atoms with Crippen molar-refractivity contribution < 1.29 is 13.2 Å². The monoisotopic (exact) mass is 381 g/mol. The van der Waals surface area contributed by atoms with Gasteiger partial charge in [-0.1, -0.05) is 30.0 Å². The Morgan fingerprint density at radius 1 is 1.36 bits per heavy atom. The number of benzene rings is 1. The van der Waals surface area contributed by atoms with E-state index >= 15 is 0 Å². The van der Waals surface area contributed by atoms with Gasteiger partial charge in [-0.15, -0.1) is 5.10 Å². The van der Waals surface area contributed by atoms with Crippen molar-refractivity contribution in [2.75, 3.05) is 18.6 Å². The van der Waals surface area contributed by atoms with Gasteiger partial charge in [0.05, 0.1) is 22.4 Å². The van der Waals surface area contributed by atoms with Crippen LogP contribution in [0.25, 0.3) is 5.69 Å². The molecule has 2 heterocycles. The van der Waals surface area contributed by atoms with Crippen LogP contribution in [0.2, 0.25) is 0 Å². The molecular formula is C15H19N5O3S2. The van der Waals surface area contributed by atoms with Gasteiger partial charge in [-0.2, -0.15) is 4.68 Å². The first-order valence-electron chi connectivity index (χ1n) is 7.85. The lowest BCUT2D eigenvalue weighted by Crippen LogP contribution is -2.41. The number of thioether (sulfide) groups is 1. The second-order valence-corrected chi connectivity index (χ2v) is 9.51. The molecular weight excluding hydrogens is 362 g/mol. The van der Waals surface area contributed by atoms with Crippen LogP contribution in [-0.2, 0) is 14.6 Å². The Morgan fingerprint density at radius 3 is 2.72 bits per heavy atom. The fraction of sp³-hybridized carbons (Fsp3) is 0.467. The Hall–Kier alpha value is -1.94. The fourth-order valence-electron chi connectivity index (χ4n) is 2.74. The number of hydrogen-bond acceptors (Lipinski definition) is 7. The van der Waals surface area contributed by atoms with Gasteiger partial charge >= 0.3 is 0 Å². The van der Waals surface area contributed by atoms with Gasteiger partial charge in [0.2, 0.25) is 11.1 Å². The zero-order chi connectivity index (χ0) is 18.0. The molecule has 3 rings (SSSR count). The Bertz CT molecular complexity index is 853. The van der Waals surface area contributed by atoms with E-state index in [0.29, 0.717) is 11.6 Å². The summed E-state index contributed by atoms with van der Waals surface area (Å²) in [6.07, 6.45) is 0.490. The normalized spacial score (nSPS) is 20.3. The zero-order valence-corrected chi connectivity index (χ0v) is 15.6. The number of nitrogens with zero attached hydrogens (tertiary/aromatic N) is 5. The maximum atomic E-state index is 12.6. The first-order chi connectivity index (χ1) is 11.9. The van der Waals surface area contributed by atoms with Crippen LogP contribution in [0.15, 0.2) is 35.5 Å². The minimum Gasteiger partial charge on any atom is -0.341 e. The Morgan fingerprint density at radius 2 is 2.08 bits per heavy atom. The highest BCUT2D eigenvalue weighted by Crippen LogP contribution is 2.25. The second-order valence-electron chi connectivity index (χ2n) is 5.97. The lowest BCUT2D eigenvalue weighted by atomic mass is 10.2. The first kappa shape index (κ1) is 17.9. The van der Waals surface area contributed by atoms with Gasteiger partial charge < -0.3 is 4.90 Å². The van der Waals surface area contributed by atoms with E-state index < -0.39 is 15.1 Å². The molecule has 2 atom stereocenters. The molecule has 0 radical (unpaired) electrons. The van der Waals surface area contributed by atoms with Gasteiger partial charge in [-0.3, -0.25) is 4.79 Å². The smallest absolute Gasteiger partial charge is 0.235 e. The standard InChI is InChI=1S/C15H19N5O3S2/c1-11(14(21)19(2)13-8-9-25(22,23)10-13)24-15-16-17-18-20(15)12-6-4-3-5-7-12/h3-7,11,13H,8-10H2,1-2H3/t11-,13+/m1/s1. The van der Waals surface area contributed by atoms with Crippen LogP contribution < -0.4 is 0 Å². The molecule has 0 bridgehead atoms. The lowest BCUT2D eigenvalue weighted by molar-refractivity contribution is -0.130. The maximum absolute atomic E-state index is 12.6. The second kappa shape index (κ2) is 7.12. The van der Waals surface area contributed by atoms with Gasteiger partial charge in [-0.25, -0.2) is 8.42 Å². The summed E-state index contributed by atoms with van der Waals surface area (Å²) in [5.41, 5.74) is 0.810. The summed E-state index contributed by atoms with van der Waals surface area (Å²) >= 11 is 1.25. The Labute approximate surface area is 150 Å². The summed E-state index contributed by atoms with van der Waals surface area (Å²) in [5, 5.41) is 11.7. The molecule has 0 saturated carbocycles. The minimum absolute atomic E-state index is 0.0361. The fourth-order valence-corrected chi connectivity index (χ4v) is 5.42. The number of para-hydroxylation sites is 1. The van der Waals surface area contributed by atoms with Crippen molar-refractivity contribution in [1.29, 1.82) is 0 Å². The number of carbonyl (C=O) groups is 1. The highest BCUT2D eigenvalue weighted by Gasteiger charge is 2.34. The topological polar surface area (TPSA) is 98.1 Å². The summed E-state index contributed by atoms with van der Waals surface area (Å²) in [6, 6.07) is 9.16. The molecule has 8 nitrogen and oxygen atoms in total. The molecule has 0 aliphatic carbocycles. The third kappa shape index (κ3) is 4.01. The lowest BCUT2D eigenvalue weighted by Gasteiger charge is -2.26. The SMILES string of the molecule is C[C@@H](Sc1nnnn1-c1ccccc1)C(=O)N(C)[C@H]1CCS(=O)(=O)C1. The molecule has 2 aromatic rings. The molecule has 1 aromatic heterocycles. The number of amides is 1. The number of aromatic nitrogens is 4. The number of sulfone groups is 1. The highest BCUT2D eigenvalue weighted by molar-refractivity contribution is 8.00. The van der Waals surface area contributed by atoms with Gasteiger partial charge in [0.25, 0.3) is 0 Å². The average Bonchev–Trinajstić information content (AvgIpc) is 3.20. The van der Waals surface area contributed by atoms with Crippen molar-refractivity contribution in [1.82, 2.24) is 25.1 Å². The molecule has 1 aliphatic heterocycles. The Kier molecular flexibility index (Phi) is 5.09. The van der Waals surface area contributed by atoms with Crippen molar-refractivity contribution >= 4 is 27.5 Å². The predicted molar refractivity (Wildman–Crippen MR) is 94.3 cm³/mol. The summed E-state index contributed by atoms with van der Waals surface area (Å²) in [7, 11) is -1.37. The molecule has 1 amide bonds. The number of rotatable bonds is 5. The summed E-state index contributed by atoms with van der Waals surface area (Å²) in [6.45, 7) is 1.77. The van der Waals surface area contributed by atoms with E-state index in [0.717, 1.165) is 5.69 Å². The van der Waals surface area contributed by atoms with Gasteiger partial charge in [0.1, 0.15) is 0 Å². The van der Waals surface area contributed by atoms with Crippen molar-refractivity contribution in [3.63, 3.8) is 0 Å². The molecule has 0 N–H and O–H groups in total. The number of tetrazole rings is 1. The van der Waals surface area contributed by atoms with Crippen LogP contribution in [0.5, 0.6) is 0 Å². The first-order valence-corrected chi connectivity index (χ1v) is 10.5. The molecule has 10 heteroatoms. The third-order valence-corrected chi connectivity index (χ3v) is 6.95. The van der Waals surface area contributed by atoms with Crippen LogP contribution in [0.1, 0.15) is 13.3 Å². The van der Waals surface area contributed by atoms with E-state index in [1.54, 1.807) is 23.6 Å². The minimum atomic E-state index is -3.03. The Balaban J connectivity index is 1.70. The van der Waals surface area contributed by atoms with E-state index in [1.165, 1.54) is 11.8 Å². The van der Waals surface area contributed by atoms with E-state index in [4.69, 9.17) is 0 Å². The van der Waals surface area contributed by atoms with Gasteiger partial charge in [0, 0.05) is 13.1 Å². The van der Waals surface area contributed by atoms with Crippen LogP contribution >= 0.6 is 11.8 Å². The highest BCUT2D eigenvalue weighted by atomic mass is 32.2. The third-order valence-electron chi connectivity index (χ3n) is 4.18. The quantitative estimate of drug-likeness (QED) is 0.706. The predicted octanol–water partition coefficient (Wildman–Crippen LogP) is 0.788. The summed E-state index contributed by atoms with van der Waals surface area (Å²) in [5.74, 6) is 0.0481. The van der Waals surface area contributed by atoms with E-state index in [2.05, 4.69) is 15.5 Å². The number of carbonyl (C=O) groups excluding carboxylic acids is 1. The molecule has 134 valence electrons. The van der Waals surface area contributed by atoms with E-state index in [-0.39, 0.29) is 23.5 Å². The van der Waals surface area contributed by atoms with Gasteiger partial charge in [0.15, 0.2) is 9.84 Å². The molecule has 1 aromatic carbocycles. The molecule has 1 fully saturated rings. The van der Waals surface area contributed by atoms with Crippen LogP contribution in [0.3, 0.4) is 0 Å². The zero-order valence-electron chi connectivity index (χ0n) is 13.9. The summed E-state index contributed by atoms with van der Waals surface area (Å²) < 4.78 is 24.8. The van der Waals surface area contributed by atoms with Crippen molar-refractivity contribution in [2.45, 2.75) is 29.8 Å². The van der Waals surface area contributed by atoms with Crippen LogP contribution in [0, 0.1) is 0 Å². The molecule has 0 spiro atoms. The van der Waals surface area contributed by atoms with Crippen molar-refractivity contribution in [2.24, 2.45) is 0 Å². The largest absolute Gasteiger partial charge is 0.341 e. The average molecular weight is 381 g/mol. The van der Waals surface area contributed by atoms with E-state index in [9.17, 15) is 13.2 Å². The number of hydrogen-bond donors (Lipinski definition) is 0. The van der Waals surface area contributed by atoms with Crippen molar-refractivity contribution in [3.05, 3.63) is 30.3 Å². The maximum Gasteiger partial charge on any atom is 0.235 e. The molecule has 25 heavy (non-hydrogen) atoms. The van der Waals surface area contributed by atoms with E-state index in [1.807, 2.05) is 30.3 Å². The van der Waals surface area contributed by atoms with Crippen LogP contribution in [-0.4, -0.2) is 69.3 Å².